The number of nitrogens with zero attached hydrogens (tertiary/aromatic N) is 1. The zero-order valence-electron chi connectivity index (χ0n) is 11.8. The smallest absolute Gasteiger partial charge is 0.270 e. The Morgan fingerprint density at radius 2 is 2.00 bits per heavy atom. The van der Waals surface area contributed by atoms with Gasteiger partial charge in [-0.25, -0.2) is 13.1 Å². The van der Waals surface area contributed by atoms with Crippen molar-refractivity contribution in [3.63, 3.8) is 0 Å². The second kappa shape index (κ2) is 7.91. The van der Waals surface area contributed by atoms with E-state index < -0.39 is 14.9 Å². The van der Waals surface area contributed by atoms with Gasteiger partial charge in [-0.15, -0.1) is 0 Å². The van der Waals surface area contributed by atoms with Crippen molar-refractivity contribution in [3.05, 3.63) is 28.3 Å². The highest BCUT2D eigenvalue weighted by Crippen LogP contribution is 2.25. The Morgan fingerprint density at radius 1 is 1.29 bits per heavy atom. The van der Waals surface area contributed by atoms with Crippen LogP contribution in [0.5, 0.6) is 0 Å². The Labute approximate surface area is 123 Å². The zero-order chi connectivity index (χ0) is 15.9. The molecule has 0 amide bonds. The summed E-state index contributed by atoms with van der Waals surface area (Å²) in [4.78, 5) is 9.87. The fraction of sp³-hybridized carbons (Fsp3) is 0.500. The molecule has 1 rings (SSSR count). The lowest BCUT2D eigenvalue weighted by Crippen LogP contribution is -2.26. The first-order chi connectivity index (χ1) is 9.92. The average Bonchev–Trinajstić information content (AvgIpc) is 2.46. The average molecular weight is 316 g/mol. The predicted octanol–water partition coefficient (Wildman–Crippen LogP) is 1.74. The monoisotopic (exact) mass is 316 g/mol. The zero-order valence-corrected chi connectivity index (χ0v) is 12.6. The molecule has 0 radical (unpaired) electrons. The predicted molar refractivity (Wildman–Crippen MR) is 80.2 cm³/mol. The van der Waals surface area contributed by atoms with Crippen molar-refractivity contribution in [3.8, 4) is 0 Å². The molecule has 0 heterocycles. The van der Waals surface area contributed by atoms with Gasteiger partial charge in [0.05, 0.1) is 10.6 Å². The van der Waals surface area contributed by atoms with Crippen molar-refractivity contribution >= 4 is 21.4 Å². The third-order valence-electron chi connectivity index (χ3n) is 2.94. The molecule has 0 aliphatic heterocycles. The third kappa shape index (κ3) is 4.96. The SMILES string of the molecule is CCCCCCNS(=O)(=O)c1cc([N+](=O)[O-])ccc1NN. The van der Waals surface area contributed by atoms with Crippen LogP contribution >= 0.6 is 0 Å². The van der Waals surface area contributed by atoms with Crippen molar-refractivity contribution in [2.75, 3.05) is 12.0 Å². The summed E-state index contributed by atoms with van der Waals surface area (Å²) in [5, 5.41) is 10.8. The van der Waals surface area contributed by atoms with Crippen LogP contribution in [0.1, 0.15) is 32.6 Å². The number of nitro benzene ring substituents is 1. The minimum Gasteiger partial charge on any atom is -0.323 e. The van der Waals surface area contributed by atoms with E-state index in [4.69, 9.17) is 5.84 Å². The number of nitrogens with two attached hydrogens (primary N) is 1. The van der Waals surface area contributed by atoms with E-state index in [1.807, 2.05) is 0 Å². The van der Waals surface area contributed by atoms with Gasteiger partial charge in [-0.3, -0.25) is 16.0 Å². The van der Waals surface area contributed by atoms with Crippen molar-refractivity contribution in [2.45, 2.75) is 37.5 Å². The molecule has 0 aliphatic rings. The first-order valence-corrected chi connectivity index (χ1v) is 8.15. The van der Waals surface area contributed by atoms with Gasteiger partial charge in [-0.05, 0) is 12.5 Å². The van der Waals surface area contributed by atoms with Crippen molar-refractivity contribution in [2.24, 2.45) is 5.84 Å². The summed E-state index contributed by atoms with van der Waals surface area (Å²) in [5.41, 5.74) is 2.04. The summed E-state index contributed by atoms with van der Waals surface area (Å²) >= 11 is 0. The Hall–Kier alpha value is -1.71. The Kier molecular flexibility index (Phi) is 6.53. The minimum absolute atomic E-state index is 0.113. The van der Waals surface area contributed by atoms with Crippen LogP contribution < -0.4 is 16.0 Å². The second-order valence-corrected chi connectivity index (χ2v) is 6.28. The van der Waals surface area contributed by atoms with E-state index in [0.29, 0.717) is 6.42 Å². The van der Waals surface area contributed by atoms with Gasteiger partial charge in [0.2, 0.25) is 10.0 Å². The maximum atomic E-state index is 12.2. The number of nitro groups is 1. The van der Waals surface area contributed by atoms with Crippen LogP contribution in [0, 0.1) is 10.1 Å². The van der Waals surface area contributed by atoms with Crippen molar-refractivity contribution in [1.82, 2.24) is 4.72 Å². The highest BCUT2D eigenvalue weighted by Gasteiger charge is 2.21. The van der Waals surface area contributed by atoms with Crippen LogP contribution in [-0.2, 0) is 10.0 Å². The number of unbranched alkanes of at least 4 members (excludes halogenated alkanes) is 3. The minimum atomic E-state index is -3.84. The van der Waals surface area contributed by atoms with Gasteiger partial charge in [0.25, 0.3) is 5.69 Å². The van der Waals surface area contributed by atoms with Gasteiger partial charge < -0.3 is 5.43 Å². The first-order valence-electron chi connectivity index (χ1n) is 6.67. The van der Waals surface area contributed by atoms with Gasteiger partial charge in [0, 0.05) is 18.7 Å². The topological polar surface area (TPSA) is 127 Å². The number of nitrogens with one attached hydrogen (secondary N) is 2. The van der Waals surface area contributed by atoms with Crippen LogP contribution in [0.15, 0.2) is 23.1 Å². The lowest BCUT2D eigenvalue weighted by Gasteiger charge is -2.10. The largest absolute Gasteiger partial charge is 0.323 e. The normalized spacial score (nSPS) is 11.3. The van der Waals surface area contributed by atoms with E-state index in [1.165, 1.54) is 12.1 Å². The summed E-state index contributed by atoms with van der Waals surface area (Å²) in [5.74, 6) is 5.26. The van der Waals surface area contributed by atoms with E-state index in [-0.39, 0.29) is 22.8 Å². The third-order valence-corrected chi connectivity index (χ3v) is 4.44. The Morgan fingerprint density at radius 3 is 2.57 bits per heavy atom. The van der Waals surface area contributed by atoms with Crippen LogP contribution in [0.3, 0.4) is 0 Å². The van der Waals surface area contributed by atoms with Gasteiger partial charge >= 0.3 is 0 Å². The molecule has 21 heavy (non-hydrogen) atoms. The highest BCUT2D eigenvalue weighted by molar-refractivity contribution is 7.89. The highest BCUT2D eigenvalue weighted by atomic mass is 32.2. The van der Waals surface area contributed by atoms with E-state index in [0.717, 1.165) is 25.3 Å². The fourth-order valence-corrected chi connectivity index (χ4v) is 3.06. The lowest BCUT2D eigenvalue weighted by atomic mass is 10.2. The molecule has 0 aromatic heterocycles. The molecule has 0 atom stereocenters. The second-order valence-electron chi connectivity index (χ2n) is 4.54. The van der Waals surface area contributed by atoms with Crippen LogP contribution in [0.25, 0.3) is 0 Å². The summed E-state index contributed by atoms with van der Waals surface area (Å²) in [6.07, 6.45) is 3.73. The van der Waals surface area contributed by atoms with Gasteiger partial charge in [0.1, 0.15) is 4.90 Å². The number of hydrazine groups is 1. The summed E-state index contributed by atoms with van der Waals surface area (Å²) < 4.78 is 26.8. The van der Waals surface area contributed by atoms with E-state index in [9.17, 15) is 18.5 Å². The summed E-state index contributed by atoms with van der Waals surface area (Å²) in [7, 11) is -3.84. The molecule has 9 heteroatoms. The molecule has 0 spiro atoms. The molecule has 0 saturated heterocycles. The molecular formula is C12H20N4O4S. The molecule has 0 aliphatic carbocycles. The van der Waals surface area contributed by atoms with Crippen LogP contribution in [-0.4, -0.2) is 19.9 Å². The Bertz CT molecular complexity index is 589. The van der Waals surface area contributed by atoms with E-state index >= 15 is 0 Å². The maximum absolute atomic E-state index is 12.2. The molecule has 118 valence electrons. The van der Waals surface area contributed by atoms with Crippen LogP contribution in [0.2, 0.25) is 0 Å². The standard InChI is InChI=1S/C12H20N4O4S/c1-2-3-4-5-8-14-21(19,20)12-9-10(16(17)18)6-7-11(12)15-13/h6-7,9,14-15H,2-5,8,13H2,1H3. The number of nitrogen functional groups attached to an aromatic ring is 1. The number of rotatable bonds is 9. The fourth-order valence-electron chi connectivity index (χ4n) is 1.80. The molecule has 8 nitrogen and oxygen atoms in total. The van der Waals surface area contributed by atoms with Gasteiger partial charge in [-0.1, -0.05) is 26.2 Å². The van der Waals surface area contributed by atoms with E-state index in [2.05, 4.69) is 17.1 Å². The Balaban J connectivity index is 2.90. The molecule has 1 aromatic carbocycles. The summed E-state index contributed by atoms with van der Waals surface area (Å²) in [6.45, 7) is 2.35. The maximum Gasteiger partial charge on any atom is 0.270 e. The lowest BCUT2D eigenvalue weighted by molar-refractivity contribution is -0.385. The molecule has 0 unspecified atom stereocenters. The number of hydrogen-bond donors (Lipinski definition) is 3. The molecular weight excluding hydrogens is 296 g/mol. The number of non-ortho nitro benzene ring substituents is 1. The number of anilines is 1. The quantitative estimate of drug-likeness (QED) is 0.275. The molecule has 1 aromatic rings. The van der Waals surface area contributed by atoms with Crippen LogP contribution in [0.4, 0.5) is 11.4 Å². The molecule has 0 fully saturated rings. The van der Waals surface area contributed by atoms with Gasteiger partial charge in [-0.2, -0.15) is 0 Å². The number of benzene rings is 1. The van der Waals surface area contributed by atoms with Crippen molar-refractivity contribution < 1.29 is 13.3 Å². The molecule has 0 saturated carbocycles. The molecule has 0 bridgehead atoms. The first kappa shape index (κ1) is 17.3. The van der Waals surface area contributed by atoms with Crippen molar-refractivity contribution in [1.29, 1.82) is 0 Å². The van der Waals surface area contributed by atoms with Gasteiger partial charge in [0.15, 0.2) is 0 Å². The van der Waals surface area contributed by atoms with E-state index in [1.54, 1.807) is 0 Å². The summed E-state index contributed by atoms with van der Waals surface area (Å²) in [6, 6.07) is 3.45. The number of sulfonamides is 1. The molecule has 4 N–H and O–H groups in total. The number of hydrogen-bond acceptors (Lipinski definition) is 6.